The van der Waals surface area contributed by atoms with Crippen LogP contribution in [0.1, 0.15) is 75.3 Å². The molecule has 2 saturated carbocycles. The predicted octanol–water partition coefficient (Wildman–Crippen LogP) is 5.86. The van der Waals surface area contributed by atoms with Crippen molar-refractivity contribution >= 4 is 0 Å². The topological polar surface area (TPSA) is 52.0 Å². The van der Waals surface area contributed by atoms with Gasteiger partial charge >= 0.3 is 0 Å². The average Bonchev–Trinajstić information content (AvgIpc) is 2.80. The van der Waals surface area contributed by atoms with Gasteiger partial charge in [-0.3, -0.25) is 0 Å². The molecular formula is C26H36N2. The summed E-state index contributed by atoms with van der Waals surface area (Å²) in [6.45, 7) is 0. The highest BCUT2D eigenvalue weighted by Crippen LogP contribution is 2.53. The smallest absolute Gasteiger partial charge is 0.0665 e. The van der Waals surface area contributed by atoms with Crippen LogP contribution >= 0.6 is 0 Å². The second kappa shape index (κ2) is 8.39. The van der Waals surface area contributed by atoms with E-state index in [2.05, 4.69) is 60.7 Å². The van der Waals surface area contributed by atoms with Gasteiger partial charge < -0.3 is 11.5 Å². The van der Waals surface area contributed by atoms with Crippen LogP contribution in [-0.2, 0) is 11.1 Å². The van der Waals surface area contributed by atoms with Crippen molar-refractivity contribution < 1.29 is 0 Å². The van der Waals surface area contributed by atoms with Gasteiger partial charge in [0.05, 0.1) is 11.1 Å². The van der Waals surface area contributed by atoms with E-state index in [4.69, 9.17) is 11.5 Å². The highest BCUT2D eigenvalue weighted by molar-refractivity contribution is 5.39. The second-order valence-corrected chi connectivity index (χ2v) is 9.14. The lowest BCUT2D eigenvalue weighted by Crippen LogP contribution is -2.68. The summed E-state index contributed by atoms with van der Waals surface area (Å²) in [5.74, 6) is 0.853. The molecule has 2 aliphatic rings. The SMILES string of the molecule is NC(c1ccccc1)(C1CCCCC1)C(N)(c1ccccc1)C1CCCCC1. The monoisotopic (exact) mass is 376 g/mol. The summed E-state index contributed by atoms with van der Waals surface area (Å²) < 4.78 is 0. The maximum Gasteiger partial charge on any atom is 0.0665 e. The van der Waals surface area contributed by atoms with Crippen LogP contribution in [0, 0.1) is 11.8 Å². The van der Waals surface area contributed by atoms with Crippen molar-refractivity contribution in [3.63, 3.8) is 0 Å². The molecule has 2 atom stereocenters. The molecule has 0 aromatic heterocycles. The van der Waals surface area contributed by atoms with E-state index in [0.717, 1.165) is 0 Å². The Kier molecular flexibility index (Phi) is 5.89. The van der Waals surface area contributed by atoms with Crippen LogP contribution < -0.4 is 11.5 Å². The molecule has 28 heavy (non-hydrogen) atoms. The van der Waals surface area contributed by atoms with Crippen LogP contribution in [0.25, 0.3) is 0 Å². The van der Waals surface area contributed by atoms with E-state index in [0.29, 0.717) is 11.8 Å². The van der Waals surface area contributed by atoms with Crippen LogP contribution in [0.5, 0.6) is 0 Å². The normalized spacial score (nSPS) is 23.6. The Balaban J connectivity index is 1.90. The molecular weight excluding hydrogens is 340 g/mol. The predicted molar refractivity (Wildman–Crippen MR) is 118 cm³/mol. The number of benzene rings is 2. The van der Waals surface area contributed by atoms with Gasteiger partial charge in [0.2, 0.25) is 0 Å². The quantitative estimate of drug-likeness (QED) is 0.687. The van der Waals surface area contributed by atoms with E-state index in [1.54, 1.807) is 0 Å². The molecule has 0 spiro atoms. The Morgan fingerprint density at radius 3 is 1.14 bits per heavy atom. The molecule has 150 valence electrons. The van der Waals surface area contributed by atoms with Gasteiger partial charge in [-0.05, 0) is 48.6 Å². The van der Waals surface area contributed by atoms with Crippen molar-refractivity contribution in [1.29, 1.82) is 0 Å². The Labute approximate surface area is 170 Å². The zero-order valence-electron chi connectivity index (χ0n) is 17.2. The van der Waals surface area contributed by atoms with Crippen molar-refractivity contribution in [1.82, 2.24) is 0 Å². The van der Waals surface area contributed by atoms with Crippen LogP contribution in [0.3, 0.4) is 0 Å². The van der Waals surface area contributed by atoms with Crippen LogP contribution in [0.15, 0.2) is 60.7 Å². The fourth-order valence-electron chi connectivity index (χ4n) is 6.17. The molecule has 0 bridgehead atoms. The van der Waals surface area contributed by atoms with E-state index in [1.165, 1.54) is 75.3 Å². The number of hydrogen-bond donors (Lipinski definition) is 2. The lowest BCUT2D eigenvalue weighted by molar-refractivity contribution is 0.0402. The van der Waals surface area contributed by atoms with E-state index in [-0.39, 0.29) is 0 Å². The Morgan fingerprint density at radius 1 is 0.500 bits per heavy atom. The van der Waals surface area contributed by atoms with Gasteiger partial charge in [0.25, 0.3) is 0 Å². The minimum atomic E-state index is -0.544. The zero-order valence-corrected chi connectivity index (χ0v) is 17.2. The highest BCUT2D eigenvalue weighted by Gasteiger charge is 2.56. The molecule has 2 aliphatic carbocycles. The fraction of sp³-hybridized carbons (Fsp3) is 0.538. The lowest BCUT2D eigenvalue weighted by Gasteiger charge is -2.56. The zero-order chi connectivity index (χ0) is 19.5. The van der Waals surface area contributed by atoms with E-state index < -0.39 is 11.1 Å². The number of hydrogen-bond acceptors (Lipinski definition) is 2. The average molecular weight is 377 g/mol. The molecule has 0 saturated heterocycles. The van der Waals surface area contributed by atoms with Crippen molar-refractivity contribution in [2.45, 2.75) is 75.3 Å². The summed E-state index contributed by atoms with van der Waals surface area (Å²) in [6.07, 6.45) is 12.5. The molecule has 2 aromatic carbocycles. The summed E-state index contributed by atoms with van der Waals surface area (Å²) in [4.78, 5) is 0. The molecule has 0 heterocycles. The summed E-state index contributed by atoms with van der Waals surface area (Å²) in [5, 5.41) is 0. The minimum Gasteiger partial charge on any atom is -0.319 e. The van der Waals surface area contributed by atoms with Gasteiger partial charge in [0.15, 0.2) is 0 Å². The molecule has 4 rings (SSSR count). The van der Waals surface area contributed by atoms with Gasteiger partial charge in [-0.15, -0.1) is 0 Å². The van der Waals surface area contributed by atoms with Crippen LogP contribution in [-0.4, -0.2) is 0 Å². The molecule has 0 amide bonds. The van der Waals surface area contributed by atoms with E-state index >= 15 is 0 Å². The van der Waals surface area contributed by atoms with E-state index in [9.17, 15) is 0 Å². The molecule has 2 unspecified atom stereocenters. The van der Waals surface area contributed by atoms with Gasteiger partial charge in [0, 0.05) is 0 Å². The van der Waals surface area contributed by atoms with E-state index in [1.807, 2.05) is 0 Å². The fourth-order valence-corrected chi connectivity index (χ4v) is 6.17. The molecule has 0 radical (unpaired) electrons. The first-order chi connectivity index (χ1) is 13.7. The first-order valence-corrected chi connectivity index (χ1v) is 11.4. The van der Waals surface area contributed by atoms with Crippen molar-refractivity contribution in [3.8, 4) is 0 Å². The minimum absolute atomic E-state index is 0.427. The molecule has 2 fully saturated rings. The first kappa shape index (κ1) is 19.7. The number of nitrogens with two attached hydrogens (primary N) is 2. The molecule has 2 aromatic rings. The second-order valence-electron chi connectivity index (χ2n) is 9.14. The van der Waals surface area contributed by atoms with Crippen LogP contribution in [0.2, 0.25) is 0 Å². The molecule has 0 aliphatic heterocycles. The third-order valence-electron chi connectivity index (χ3n) is 7.69. The van der Waals surface area contributed by atoms with Crippen LogP contribution in [0.4, 0.5) is 0 Å². The van der Waals surface area contributed by atoms with Gasteiger partial charge in [-0.1, -0.05) is 99.2 Å². The molecule has 2 heteroatoms. The van der Waals surface area contributed by atoms with Crippen molar-refractivity contribution in [2.75, 3.05) is 0 Å². The summed E-state index contributed by atoms with van der Waals surface area (Å²) in [6, 6.07) is 21.6. The summed E-state index contributed by atoms with van der Waals surface area (Å²) in [5.41, 5.74) is 16.6. The Hall–Kier alpha value is -1.64. The third-order valence-corrected chi connectivity index (χ3v) is 7.69. The van der Waals surface area contributed by atoms with Gasteiger partial charge in [-0.2, -0.15) is 0 Å². The number of rotatable bonds is 5. The highest BCUT2D eigenvalue weighted by atomic mass is 15.0. The standard InChI is InChI=1S/C26H36N2/c27-25(21-13-5-1-6-14-21,22-15-7-2-8-16-22)26(28,23-17-9-3-10-18-23)24-19-11-4-12-20-24/h1,3,5-6,9-10,13-14,17-18,22,24H,2,4,7-8,11-12,15-16,19-20,27-28H2. The summed E-state index contributed by atoms with van der Waals surface area (Å²) in [7, 11) is 0. The Morgan fingerprint density at radius 2 is 0.821 bits per heavy atom. The van der Waals surface area contributed by atoms with Gasteiger partial charge in [-0.25, -0.2) is 0 Å². The van der Waals surface area contributed by atoms with Gasteiger partial charge in [0.1, 0.15) is 0 Å². The molecule has 4 N–H and O–H groups in total. The van der Waals surface area contributed by atoms with Crippen molar-refractivity contribution in [2.24, 2.45) is 23.3 Å². The lowest BCUT2D eigenvalue weighted by atomic mass is 9.54. The van der Waals surface area contributed by atoms with Crippen molar-refractivity contribution in [3.05, 3.63) is 71.8 Å². The Bertz CT molecular complexity index is 666. The maximum absolute atomic E-state index is 7.61. The largest absolute Gasteiger partial charge is 0.319 e. The first-order valence-electron chi connectivity index (χ1n) is 11.4. The molecule has 2 nitrogen and oxygen atoms in total. The maximum atomic E-state index is 7.61. The summed E-state index contributed by atoms with van der Waals surface area (Å²) >= 11 is 0. The third kappa shape index (κ3) is 3.31.